The lowest BCUT2D eigenvalue weighted by molar-refractivity contribution is -0.144. The van der Waals surface area contributed by atoms with E-state index < -0.39 is 23.8 Å². The fourth-order valence-electron chi connectivity index (χ4n) is 3.64. The van der Waals surface area contributed by atoms with Gasteiger partial charge in [0, 0.05) is 12.6 Å². The van der Waals surface area contributed by atoms with E-state index in [2.05, 4.69) is 31.4 Å². The molecule has 7 nitrogen and oxygen atoms in total. The Bertz CT molecular complexity index is 774. The molecule has 3 amide bonds. The normalized spacial score (nSPS) is 14.1. The van der Waals surface area contributed by atoms with Gasteiger partial charge in [0.15, 0.2) is 0 Å². The van der Waals surface area contributed by atoms with Crippen molar-refractivity contribution in [3.8, 4) is 0 Å². The highest BCUT2D eigenvalue weighted by atomic mass is 16.6. The highest BCUT2D eigenvalue weighted by molar-refractivity contribution is 5.92. The Balaban J connectivity index is 3.31. The number of rotatable bonds is 12. The maximum atomic E-state index is 13.8. The number of hydrogen-bond acceptors (Lipinski definition) is 4. The molecular formula is C27H45N3O4. The predicted octanol–water partition coefficient (Wildman–Crippen LogP) is 5.21. The fraction of sp³-hybridized carbons (Fsp3) is 0.667. The highest BCUT2D eigenvalue weighted by Gasteiger charge is 2.37. The van der Waals surface area contributed by atoms with Crippen LogP contribution >= 0.6 is 0 Å². The molecule has 0 aromatic heterocycles. The molecule has 192 valence electrons. The summed E-state index contributed by atoms with van der Waals surface area (Å²) in [4.78, 5) is 41.2. The Morgan fingerprint density at radius 1 is 1.00 bits per heavy atom. The maximum absolute atomic E-state index is 13.8. The van der Waals surface area contributed by atoms with Gasteiger partial charge in [0.2, 0.25) is 11.8 Å². The zero-order valence-electron chi connectivity index (χ0n) is 22.3. The lowest BCUT2D eigenvalue weighted by atomic mass is 9.97. The molecule has 2 N–H and O–H groups in total. The van der Waals surface area contributed by atoms with Crippen molar-refractivity contribution >= 4 is 17.9 Å². The van der Waals surface area contributed by atoms with Crippen LogP contribution in [0.2, 0.25) is 0 Å². The van der Waals surface area contributed by atoms with Gasteiger partial charge in [-0.05, 0) is 65.4 Å². The van der Waals surface area contributed by atoms with Gasteiger partial charge in [0.05, 0.1) is 0 Å². The summed E-state index contributed by atoms with van der Waals surface area (Å²) >= 11 is 0. The molecule has 3 unspecified atom stereocenters. The largest absolute Gasteiger partial charge is 0.444 e. The van der Waals surface area contributed by atoms with Gasteiger partial charge < -0.3 is 20.3 Å². The lowest BCUT2D eigenvalue weighted by Gasteiger charge is -2.38. The van der Waals surface area contributed by atoms with Crippen molar-refractivity contribution in [1.29, 1.82) is 0 Å². The van der Waals surface area contributed by atoms with Crippen molar-refractivity contribution in [2.24, 2.45) is 5.92 Å². The first-order valence-electron chi connectivity index (χ1n) is 12.5. The molecule has 3 atom stereocenters. The molecule has 0 aliphatic carbocycles. The molecule has 7 heteroatoms. The molecule has 0 heterocycles. The summed E-state index contributed by atoms with van der Waals surface area (Å²) in [7, 11) is 0. The molecule has 0 saturated heterocycles. The molecule has 0 fully saturated rings. The summed E-state index contributed by atoms with van der Waals surface area (Å²) in [5.74, 6) is -0.0688. The third kappa shape index (κ3) is 10.1. The van der Waals surface area contributed by atoms with Gasteiger partial charge in [0.1, 0.15) is 17.7 Å². The van der Waals surface area contributed by atoms with Gasteiger partial charge in [-0.25, -0.2) is 4.79 Å². The van der Waals surface area contributed by atoms with Crippen molar-refractivity contribution in [3.63, 3.8) is 0 Å². The van der Waals surface area contributed by atoms with Crippen molar-refractivity contribution in [2.45, 2.75) is 105 Å². The smallest absolute Gasteiger partial charge is 0.408 e. The number of ether oxygens (including phenoxy) is 1. The van der Waals surface area contributed by atoms with E-state index in [1.165, 1.54) is 0 Å². The van der Waals surface area contributed by atoms with Crippen LogP contribution in [0.25, 0.3) is 0 Å². The second-order valence-electron chi connectivity index (χ2n) is 10.4. The van der Waals surface area contributed by atoms with E-state index in [9.17, 15) is 14.4 Å². The van der Waals surface area contributed by atoms with E-state index in [0.29, 0.717) is 12.5 Å². The Hall–Kier alpha value is -2.57. The van der Waals surface area contributed by atoms with Gasteiger partial charge >= 0.3 is 6.09 Å². The van der Waals surface area contributed by atoms with E-state index in [1.807, 2.05) is 37.3 Å². The summed E-state index contributed by atoms with van der Waals surface area (Å²) in [5.41, 5.74) is 0.0637. The Labute approximate surface area is 206 Å². The van der Waals surface area contributed by atoms with Crippen molar-refractivity contribution < 1.29 is 19.1 Å². The van der Waals surface area contributed by atoms with Crippen LogP contribution in [0.4, 0.5) is 4.79 Å². The number of alkyl carbamates (subject to hydrolysis) is 1. The Morgan fingerprint density at radius 2 is 1.62 bits per heavy atom. The summed E-state index contributed by atoms with van der Waals surface area (Å²) < 4.78 is 5.34. The molecular weight excluding hydrogens is 430 g/mol. The average molecular weight is 476 g/mol. The number of carbonyl (C=O) groups is 3. The zero-order chi connectivity index (χ0) is 25.9. The van der Waals surface area contributed by atoms with Crippen LogP contribution in [0.5, 0.6) is 0 Å². The van der Waals surface area contributed by atoms with Gasteiger partial charge in [0.25, 0.3) is 0 Å². The number of carbonyl (C=O) groups excluding carboxylic acids is 3. The third-order valence-electron chi connectivity index (χ3n) is 5.47. The quantitative estimate of drug-likeness (QED) is 0.406. The first-order chi connectivity index (χ1) is 15.9. The minimum Gasteiger partial charge on any atom is -0.444 e. The minimum atomic E-state index is -0.856. The molecule has 0 aliphatic rings. The van der Waals surface area contributed by atoms with E-state index in [0.717, 1.165) is 31.2 Å². The van der Waals surface area contributed by atoms with Crippen LogP contribution < -0.4 is 10.6 Å². The molecule has 0 spiro atoms. The van der Waals surface area contributed by atoms with E-state index in [4.69, 9.17) is 4.74 Å². The first-order valence-corrected chi connectivity index (χ1v) is 12.5. The van der Waals surface area contributed by atoms with E-state index in [-0.39, 0.29) is 17.9 Å². The number of unbranched alkanes of at least 4 members (excludes halogenated alkanes) is 1. The molecule has 0 radical (unpaired) electrons. The van der Waals surface area contributed by atoms with Gasteiger partial charge in [-0.2, -0.15) is 0 Å². The predicted molar refractivity (Wildman–Crippen MR) is 136 cm³/mol. The second kappa shape index (κ2) is 14.0. The standard InChI is InChI=1S/C27H45N3O4/c1-9-10-18-28-24(31)23(22-14-12-11-13-15-22)30(20(4)17-16-19(2)3)25(32)21(5)29-26(33)34-27(6,7)8/h11-15,19-21,23H,9-10,16-18H2,1-8H3,(H,28,31)(H,29,33). The summed E-state index contributed by atoms with van der Waals surface area (Å²) in [6.45, 7) is 15.8. The number of benzene rings is 1. The molecule has 0 bridgehead atoms. The monoisotopic (exact) mass is 475 g/mol. The molecule has 34 heavy (non-hydrogen) atoms. The van der Waals surface area contributed by atoms with Crippen LogP contribution in [0, 0.1) is 5.92 Å². The maximum Gasteiger partial charge on any atom is 0.408 e. The minimum absolute atomic E-state index is 0.208. The first kappa shape index (κ1) is 29.5. The van der Waals surface area contributed by atoms with Crippen molar-refractivity contribution in [2.75, 3.05) is 6.54 Å². The van der Waals surface area contributed by atoms with Crippen LogP contribution in [0.1, 0.15) is 92.7 Å². The number of hydrogen-bond donors (Lipinski definition) is 2. The van der Waals surface area contributed by atoms with E-state index in [1.54, 1.807) is 32.6 Å². The Kier molecular flexibility index (Phi) is 12.1. The van der Waals surface area contributed by atoms with Gasteiger partial charge in [-0.1, -0.05) is 57.5 Å². The van der Waals surface area contributed by atoms with Gasteiger partial charge in [-0.15, -0.1) is 0 Å². The van der Waals surface area contributed by atoms with E-state index >= 15 is 0 Å². The van der Waals surface area contributed by atoms with Crippen molar-refractivity contribution in [1.82, 2.24) is 15.5 Å². The molecule has 0 aliphatic heterocycles. The third-order valence-corrected chi connectivity index (χ3v) is 5.47. The fourth-order valence-corrected chi connectivity index (χ4v) is 3.64. The summed E-state index contributed by atoms with van der Waals surface area (Å²) in [5, 5.41) is 5.65. The van der Waals surface area contributed by atoms with Crippen LogP contribution in [-0.4, -0.2) is 47.0 Å². The SMILES string of the molecule is CCCCNC(=O)C(c1ccccc1)N(C(=O)C(C)NC(=O)OC(C)(C)C)C(C)CCC(C)C. The van der Waals surface area contributed by atoms with Crippen molar-refractivity contribution in [3.05, 3.63) is 35.9 Å². The number of nitrogens with one attached hydrogen (secondary N) is 2. The van der Waals surface area contributed by atoms with Crippen LogP contribution in [0.3, 0.4) is 0 Å². The second-order valence-corrected chi connectivity index (χ2v) is 10.4. The van der Waals surface area contributed by atoms with Crippen LogP contribution in [0.15, 0.2) is 30.3 Å². The summed E-state index contributed by atoms with van der Waals surface area (Å²) in [6, 6.07) is 7.49. The number of amides is 3. The average Bonchev–Trinajstić information content (AvgIpc) is 2.74. The highest BCUT2D eigenvalue weighted by Crippen LogP contribution is 2.27. The molecule has 0 saturated carbocycles. The Morgan fingerprint density at radius 3 is 2.15 bits per heavy atom. The molecule has 1 aromatic rings. The molecule has 1 aromatic carbocycles. The molecule has 1 rings (SSSR count). The summed E-state index contributed by atoms with van der Waals surface area (Å²) in [6.07, 6.45) is 2.82. The lowest BCUT2D eigenvalue weighted by Crippen LogP contribution is -2.54. The zero-order valence-corrected chi connectivity index (χ0v) is 22.3. The van der Waals surface area contributed by atoms with Crippen LogP contribution in [-0.2, 0) is 14.3 Å². The number of nitrogens with zero attached hydrogens (tertiary/aromatic N) is 1. The van der Waals surface area contributed by atoms with Gasteiger partial charge in [-0.3, -0.25) is 9.59 Å². The topological polar surface area (TPSA) is 87.7 Å².